The molecule has 19 heavy (non-hydrogen) atoms. The molecule has 1 aromatic rings. The fourth-order valence-electron chi connectivity index (χ4n) is 2.68. The van der Waals surface area contributed by atoms with E-state index >= 15 is 0 Å². The maximum atomic E-state index is 4.33. The van der Waals surface area contributed by atoms with Gasteiger partial charge in [0.1, 0.15) is 0 Å². The summed E-state index contributed by atoms with van der Waals surface area (Å²) in [5.41, 5.74) is 3.49. The van der Waals surface area contributed by atoms with Crippen LogP contribution >= 0.6 is 11.3 Å². The van der Waals surface area contributed by atoms with Crippen molar-refractivity contribution in [1.82, 2.24) is 15.2 Å². The summed E-state index contributed by atoms with van der Waals surface area (Å²) in [6.45, 7) is 13.3. The van der Waals surface area contributed by atoms with E-state index in [-0.39, 0.29) is 0 Å². The van der Waals surface area contributed by atoms with Gasteiger partial charge in [-0.05, 0) is 32.4 Å². The Hall–Kier alpha value is -0.450. The Kier molecular flexibility index (Phi) is 6.97. The standard InChI is InChI=1S/C15H29N3S/c1-6-8-15(4,10-16-7-2)11-18(5)9-14-13(3)17-12-19-14/h12,16H,6-11H2,1-5H3. The van der Waals surface area contributed by atoms with E-state index in [2.05, 4.69) is 49.9 Å². The number of nitrogens with one attached hydrogen (secondary N) is 1. The van der Waals surface area contributed by atoms with Crippen LogP contribution in [-0.4, -0.2) is 36.6 Å². The third-order valence-electron chi connectivity index (χ3n) is 3.57. The van der Waals surface area contributed by atoms with E-state index in [1.165, 1.54) is 23.4 Å². The van der Waals surface area contributed by atoms with Crippen molar-refractivity contribution in [2.24, 2.45) is 5.41 Å². The van der Waals surface area contributed by atoms with E-state index in [9.17, 15) is 0 Å². The minimum Gasteiger partial charge on any atom is -0.316 e. The van der Waals surface area contributed by atoms with E-state index in [4.69, 9.17) is 0 Å². The molecule has 0 aromatic carbocycles. The molecular weight excluding hydrogens is 254 g/mol. The van der Waals surface area contributed by atoms with Gasteiger partial charge in [0.05, 0.1) is 11.2 Å². The van der Waals surface area contributed by atoms with E-state index < -0.39 is 0 Å². The van der Waals surface area contributed by atoms with Crippen molar-refractivity contribution < 1.29 is 0 Å². The third-order valence-corrected chi connectivity index (χ3v) is 4.49. The van der Waals surface area contributed by atoms with Gasteiger partial charge >= 0.3 is 0 Å². The molecule has 0 amide bonds. The second-order valence-electron chi connectivity index (χ2n) is 5.87. The van der Waals surface area contributed by atoms with Crippen molar-refractivity contribution in [1.29, 1.82) is 0 Å². The van der Waals surface area contributed by atoms with Crippen LogP contribution in [0.2, 0.25) is 0 Å². The largest absolute Gasteiger partial charge is 0.316 e. The Labute approximate surface area is 122 Å². The van der Waals surface area contributed by atoms with Crippen LogP contribution in [0, 0.1) is 12.3 Å². The maximum absolute atomic E-state index is 4.33. The molecule has 110 valence electrons. The lowest BCUT2D eigenvalue weighted by Gasteiger charge is -2.34. The number of hydrogen-bond acceptors (Lipinski definition) is 4. The van der Waals surface area contributed by atoms with Crippen molar-refractivity contribution in [3.05, 3.63) is 16.1 Å². The molecule has 1 aromatic heterocycles. The molecule has 0 aliphatic carbocycles. The van der Waals surface area contributed by atoms with Crippen molar-refractivity contribution in [3.8, 4) is 0 Å². The first-order valence-corrected chi connectivity index (χ1v) is 8.17. The smallest absolute Gasteiger partial charge is 0.0798 e. The van der Waals surface area contributed by atoms with Crippen LogP contribution < -0.4 is 5.32 Å². The number of aromatic nitrogens is 1. The molecule has 0 bridgehead atoms. The first-order valence-electron chi connectivity index (χ1n) is 7.29. The van der Waals surface area contributed by atoms with Crippen LogP contribution in [0.1, 0.15) is 44.2 Å². The lowest BCUT2D eigenvalue weighted by atomic mass is 9.85. The van der Waals surface area contributed by atoms with Crippen molar-refractivity contribution in [2.75, 3.05) is 26.7 Å². The van der Waals surface area contributed by atoms with Crippen LogP contribution in [-0.2, 0) is 6.54 Å². The van der Waals surface area contributed by atoms with Gasteiger partial charge in [-0.2, -0.15) is 0 Å². The SMILES string of the molecule is CCCC(C)(CNCC)CN(C)Cc1scnc1C. The normalized spacial score (nSPS) is 14.8. The topological polar surface area (TPSA) is 28.2 Å². The molecule has 0 radical (unpaired) electrons. The van der Waals surface area contributed by atoms with Crippen LogP contribution in [0.15, 0.2) is 5.51 Å². The average Bonchev–Trinajstić information content (AvgIpc) is 2.72. The molecule has 4 heteroatoms. The molecule has 0 saturated heterocycles. The van der Waals surface area contributed by atoms with Gasteiger partial charge in [0.25, 0.3) is 0 Å². The lowest BCUT2D eigenvalue weighted by Crippen LogP contribution is -2.40. The maximum Gasteiger partial charge on any atom is 0.0798 e. The first-order chi connectivity index (χ1) is 9.00. The van der Waals surface area contributed by atoms with E-state index in [0.717, 1.165) is 26.2 Å². The van der Waals surface area contributed by atoms with Gasteiger partial charge in [-0.3, -0.25) is 0 Å². The van der Waals surface area contributed by atoms with Crippen molar-refractivity contribution >= 4 is 11.3 Å². The summed E-state index contributed by atoms with van der Waals surface area (Å²) in [5.74, 6) is 0. The summed E-state index contributed by atoms with van der Waals surface area (Å²) >= 11 is 1.77. The van der Waals surface area contributed by atoms with Crippen LogP contribution in [0.4, 0.5) is 0 Å². The molecule has 3 nitrogen and oxygen atoms in total. The summed E-state index contributed by atoms with van der Waals surface area (Å²) in [6.07, 6.45) is 2.52. The van der Waals surface area contributed by atoms with Gasteiger partial charge in [-0.25, -0.2) is 4.98 Å². The first kappa shape index (κ1) is 16.6. The number of rotatable bonds is 9. The third kappa shape index (κ3) is 5.59. The molecule has 0 fully saturated rings. The summed E-state index contributed by atoms with van der Waals surface area (Å²) in [7, 11) is 2.22. The Balaban J connectivity index is 2.55. The Morgan fingerprint density at radius 2 is 2.16 bits per heavy atom. The van der Waals surface area contributed by atoms with Crippen LogP contribution in [0.25, 0.3) is 0 Å². The predicted molar refractivity (Wildman–Crippen MR) is 84.7 cm³/mol. The molecule has 1 rings (SSSR count). The fourth-order valence-corrected chi connectivity index (χ4v) is 3.54. The van der Waals surface area contributed by atoms with Crippen molar-refractivity contribution in [2.45, 2.75) is 47.1 Å². The quantitative estimate of drug-likeness (QED) is 0.754. The van der Waals surface area contributed by atoms with Crippen molar-refractivity contribution in [3.63, 3.8) is 0 Å². The molecule has 1 N–H and O–H groups in total. The number of aryl methyl sites for hydroxylation is 1. The van der Waals surface area contributed by atoms with E-state index in [1.807, 2.05) is 5.51 Å². The Morgan fingerprint density at radius 1 is 1.42 bits per heavy atom. The Morgan fingerprint density at radius 3 is 2.68 bits per heavy atom. The number of hydrogen-bond donors (Lipinski definition) is 1. The minimum absolute atomic E-state index is 0.359. The zero-order valence-corrected chi connectivity index (χ0v) is 13.9. The highest BCUT2D eigenvalue weighted by Crippen LogP contribution is 2.25. The van der Waals surface area contributed by atoms with Crippen LogP contribution in [0.3, 0.4) is 0 Å². The van der Waals surface area contributed by atoms with Gasteiger partial charge < -0.3 is 10.2 Å². The van der Waals surface area contributed by atoms with Gasteiger partial charge in [0.2, 0.25) is 0 Å². The van der Waals surface area contributed by atoms with Gasteiger partial charge in [0.15, 0.2) is 0 Å². The molecule has 1 atom stereocenters. The number of nitrogens with zero attached hydrogens (tertiary/aromatic N) is 2. The molecule has 0 spiro atoms. The molecule has 1 heterocycles. The van der Waals surface area contributed by atoms with E-state index in [1.54, 1.807) is 11.3 Å². The van der Waals surface area contributed by atoms with Crippen LogP contribution in [0.5, 0.6) is 0 Å². The summed E-state index contributed by atoms with van der Waals surface area (Å²) in [6, 6.07) is 0. The summed E-state index contributed by atoms with van der Waals surface area (Å²) < 4.78 is 0. The second kappa shape index (κ2) is 7.98. The zero-order chi connectivity index (χ0) is 14.3. The summed E-state index contributed by atoms with van der Waals surface area (Å²) in [4.78, 5) is 8.16. The van der Waals surface area contributed by atoms with E-state index in [0.29, 0.717) is 5.41 Å². The van der Waals surface area contributed by atoms with Gasteiger partial charge in [-0.1, -0.05) is 27.2 Å². The zero-order valence-electron chi connectivity index (χ0n) is 13.1. The second-order valence-corrected chi connectivity index (χ2v) is 6.81. The van der Waals surface area contributed by atoms with Gasteiger partial charge in [0, 0.05) is 24.5 Å². The molecule has 0 aliphatic rings. The molecule has 0 saturated carbocycles. The number of thiazole rings is 1. The lowest BCUT2D eigenvalue weighted by molar-refractivity contribution is 0.169. The fraction of sp³-hybridized carbons (Fsp3) is 0.800. The summed E-state index contributed by atoms with van der Waals surface area (Å²) in [5, 5.41) is 3.51. The average molecular weight is 283 g/mol. The highest BCUT2D eigenvalue weighted by molar-refractivity contribution is 7.09. The molecule has 0 aliphatic heterocycles. The molecular formula is C15H29N3S. The highest BCUT2D eigenvalue weighted by atomic mass is 32.1. The van der Waals surface area contributed by atoms with Gasteiger partial charge in [-0.15, -0.1) is 11.3 Å². The highest BCUT2D eigenvalue weighted by Gasteiger charge is 2.24. The predicted octanol–water partition coefficient (Wildman–Crippen LogP) is 3.30. The monoisotopic (exact) mass is 283 g/mol. The Bertz CT molecular complexity index is 364. The minimum atomic E-state index is 0.359. The molecule has 1 unspecified atom stereocenters.